The number of halogens is 1. The van der Waals surface area contributed by atoms with Gasteiger partial charge in [0, 0.05) is 16.0 Å². The third-order valence-corrected chi connectivity index (χ3v) is 5.74. The van der Waals surface area contributed by atoms with Gasteiger partial charge in [-0.25, -0.2) is 4.98 Å². The van der Waals surface area contributed by atoms with Gasteiger partial charge in [0.2, 0.25) is 0 Å². The number of hydrogen-bond donors (Lipinski definition) is 1. The highest BCUT2D eigenvalue weighted by atomic mass is 35.5. The molecular weight excluding hydrogens is 418 g/mol. The van der Waals surface area contributed by atoms with Crippen molar-refractivity contribution in [1.29, 1.82) is 0 Å². The first-order chi connectivity index (χ1) is 15.5. The van der Waals surface area contributed by atoms with Gasteiger partial charge in [0.05, 0.1) is 17.3 Å². The van der Waals surface area contributed by atoms with Crippen LogP contribution in [0.15, 0.2) is 78.9 Å². The smallest absolute Gasteiger partial charge is 0.160 e. The number of pyridine rings is 1. The Balaban J connectivity index is 1.47. The van der Waals surface area contributed by atoms with Crippen molar-refractivity contribution in [3.8, 4) is 0 Å². The summed E-state index contributed by atoms with van der Waals surface area (Å²) in [5.74, 6) is 0.0480. The number of Topliss-reactive ketones (excluding diaryl/α,β-unsaturated/α-hetero) is 1. The van der Waals surface area contributed by atoms with Gasteiger partial charge in [-0.1, -0.05) is 72.3 Å². The monoisotopic (exact) mass is 441 g/mol. The minimum Gasteiger partial charge on any atom is -0.388 e. The number of carbonyl (C=O) groups is 1. The van der Waals surface area contributed by atoms with Crippen LogP contribution in [0.5, 0.6) is 0 Å². The summed E-state index contributed by atoms with van der Waals surface area (Å²) in [5.41, 5.74) is 5.23. The molecule has 0 bridgehead atoms. The number of fused-ring (bicyclic) bond motifs is 1. The van der Waals surface area contributed by atoms with Crippen LogP contribution in [-0.4, -0.2) is 15.9 Å². The van der Waals surface area contributed by atoms with E-state index >= 15 is 0 Å². The Labute approximate surface area is 193 Å². The molecular formula is C28H24ClNO2. The van der Waals surface area contributed by atoms with Crippen LogP contribution in [-0.2, 0) is 6.42 Å². The molecule has 32 heavy (non-hydrogen) atoms. The normalized spacial score (nSPS) is 12.3. The van der Waals surface area contributed by atoms with E-state index in [2.05, 4.69) is 4.98 Å². The number of carbonyl (C=O) groups excluding carboxylic acids is 1. The summed E-state index contributed by atoms with van der Waals surface area (Å²) in [5, 5.41) is 12.4. The third-order valence-electron chi connectivity index (χ3n) is 5.50. The minimum atomic E-state index is -0.607. The second-order valence-corrected chi connectivity index (χ2v) is 8.28. The Hall–Kier alpha value is -3.27. The van der Waals surface area contributed by atoms with E-state index in [1.54, 1.807) is 6.92 Å². The van der Waals surface area contributed by atoms with Crippen molar-refractivity contribution in [3.63, 3.8) is 0 Å². The fraction of sp³-hybridized carbons (Fsp3) is 0.143. The average molecular weight is 442 g/mol. The summed E-state index contributed by atoms with van der Waals surface area (Å²) in [6, 6.07) is 25.1. The second-order valence-electron chi connectivity index (χ2n) is 7.84. The van der Waals surface area contributed by atoms with Gasteiger partial charge in [0.15, 0.2) is 5.78 Å². The largest absolute Gasteiger partial charge is 0.388 e. The molecule has 4 heteroatoms. The number of aliphatic hydroxyl groups excluding tert-OH is 1. The molecule has 160 valence electrons. The van der Waals surface area contributed by atoms with Crippen molar-refractivity contribution in [3.05, 3.63) is 112 Å². The molecule has 3 aromatic carbocycles. The molecule has 0 fully saturated rings. The molecule has 1 aromatic heterocycles. The van der Waals surface area contributed by atoms with E-state index in [0.717, 1.165) is 38.9 Å². The molecule has 0 aliphatic rings. The van der Waals surface area contributed by atoms with Crippen molar-refractivity contribution in [2.45, 2.75) is 25.9 Å². The van der Waals surface area contributed by atoms with Gasteiger partial charge in [-0.2, -0.15) is 0 Å². The van der Waals surface area contributed by atoms with Gasteiger partial charge in [0.1, 0.15) is 0 Å². The summed E-state index contributed by atoms with van der Waals surface area (Å²) in [7, 11) is 0. The van der Waals surface area contributed by atoms with Crippen LogP contribution in [0.4, 0.5) is 0 Å². The molecule has 4 aromatic rings. The number of aryl methyl sites for hydroxylation is 1. The molecule has 0 radical (unpaired) electrons. The van der Waals surface area contributed by atoms with E-state index in [-0.39, 0.29) is 5.78 Å². The predicted octanol–water partition coefficient (Wildman–Crippen LogP) is 6.93. The third kappa shape index (κ3) is 5.31. The summed E-state index contributed by atoms with van der Waals surface area (Å²) in [6.07, 6.45) is 4.52. The van der Waals surface area contributed by atoms with Crippen molar-refractivity contribution in [2.75, 3.05) is 0 Å². The molecule has 0 amide bonds. The first kappa shape index (κ1) is 21.9. The molecule has 0 saturated heterocycles. The van der Waals surface area contributed by atoms with Gasteiger partial charge < -0.3 is 5.11 Å². The summed E-state index contributed by atoms with van der Waals surface area (Å²) >= 11 is 6.08. The lowest BCUT2D eigenvalue weighted by Gasteiger charge is -2.13. The Kier molecular flexibility index (Phi) is 6.79. The summed E-state index contributed by atoms with van der Waals surface area (Å²) in [6.45, 7) is 1.57. The zero-order valence-electron chi connectivity index (χ0n) is 17.8. The van der Waals surface area contributed by atoms with Crippen LogP contribution in [0, 0.1) is 0 Å². The number of aromatic nitrogens is 1. The Bertz CT molecular complexity index is 1300. The number of aliphatic hydroxyl groups is 1. The number of rotatable bonds is 7. The molecule has 0 saturated carbocycles. The van der Waals surface area contributed by atoms with E-state index in [9.17, 15) is 9.90 Å². The van der Waals surface area contributed by atoms with Crippen LogP contribution in [0.1, 0.15) is 52.2 Å². The number of nitrogens with zero attached hydrogens (tertiary/aromatic N) is 1. The van der Waals surface area contributed by atoms with E-state index in [1.165, 1.54) is 0 Å². The van der Waals surface area contributed by atoms with E-state index in [4.69, 9.17) is 11.6 Å². The lowest BCUT2D eigenvalue weighted by atomic mass is 9.96. The highest BCUT2D eigenvalue weighted by Gasteiger charge is 2.11. The molecule has 4 rings (SSSR count). The fourth-order valence-electron chi connectivity index (χ4n) is 3.79. The average Bonchev–Trinajstić information content (AvgIpc) is 2.81. The SMILES string of the molecule is CC(=O)c1ccccc1CC[C@@H](O)c1cccc(C=Cc2ccc3ccc(Cl)cc3n2)c1. The van der Waals surface area contributed by atoms with Crippen LogP contribution >= 0.6 is 11.6 Å². The fourth-order valence-corrected chi connectivity index (χ4v) is 3.96. The Morgan fingerprint density at radius 2 is 1.81 bits per heavy atom. The van der Waals surface area contributed by atoms with Crippen molar-refractivity contribution in [1.82, 2.24) is 4.98 Å². The lowest BCUT2D eigenvalue weighted by molar-refractivity contribution is 0.101. The topological polar surface area (TPSA) is 50.2 Å². The van der Waals surface area contributed by atoms with E-state index < -0.39 is 6.10 Å². The number of hydrogen-bond acceptors (Lipinski definition) is 3. The van der Waals surface area contributed by atoms with Crippen LogP contribution < -0.4 is 0 Å². The second kappa shape index (κ2) is 9.90. The first-order valence-corrected chi connectivity index (χ1v) is 11.0. The maximum atomic E-state index is 11.8. The maximum Gasteiger partial charge on any atom is 0.160 e. The maximum absolute atomic E-state index is 11.8. The first-order valence-electron chi connectivity index (χ1n) is 10.6. The Morgan fingerprint density at radius 1 is 1.00 bits per heavy atom. The van der Waals surface area contributed by atoms with Crippen LogP contribution in [0.25, 0.3) is 23.1 Å². The number of ketones is 1. The predicted molar refractivity (Wildman–Crippen MR) is 132 cm³/mol. The highest BCUT2D eigenvalue weighted by molar-refractivity contribution is 6.31. The van der Waals surface area contributed by atoms with Gasteiger partial charge >= 0.3 is 0 Å². The van der Waals surface area contributed by atoms with Gasteiger partial charge in [-0.3, -0.25) is 4.79 Å². The molecule has 0 unspecified atom stereocenters. The number of benzene rings is 3. The summed E-state index contributed by atoms with van der Waals surface area (Å²) < 4.78 is 0. The van der Waals surface area contributed by atoms with E-state index in [0.29, 0.717) is 17.9 Å². The quantitative estimate of drug-likeness (QED) is 0.316. The lowest BCUT2D eigenvalue weighted by Crippen LogP contribution is -2.04. The molecule has 1 N–H and O–H groups in total. The highest BCUT2D eigenvalue weighted by Crippen LogP contribution is 2.23. The van der Waals surface area contributed by atoms with E-state index in [1.807, 2.05) is 91.0 Å². The van der Waals surface area contributed by atoms with Gasteiger partial charge in [0.25, 0.3) is 0 Å². The van der Waals surface area contributed by atoms with Gasteiger partial charge in [-0.05, 0) is 66.8 Å². The van der Waals surface area contributed by atoms with Crippen molar-refractivity contribution < 1.29 is 9.90 Å². The van der Waals surface area contributed by atoms with Crippen LogP contribution in [0.3, 0.4) is 0 Å². The molecule has 3 nitrogen and oxygen atoms in total. The zero-order chi connectivity index (χ0) is 22.5. The van der Waals surface area contributed by atoms with Crippen molar-refractivity contribution in [2.24, 2.45) is 0 Å². The summed E-state index contributed by atoms with van der Waals surface area (Å²) in [4.78, 5) is 16.5. The minimum absolute atomic E-state index is 0.0480. The van der Waals surface area contributed by atoms with Crippen LogP contribution in [0.2, 0.25) is 5.02 Å². The molecule has 1 atom stereocenters. The molecule has 0 spiro atoms. The van der Waals surface area contributed by atoms with Gasteiger partial charge in [-0.15, -0.1) is 0 Å². The Morgan fingerprint density at radius 3 is 2.66 bits per heavy atom. The molecule has 0 aliphatic heterocycles. The molecule has 0 aliphatic carbocycles. The zero-order valence-corrected chi connectivity index (χ0v) is 18.6. The molecule has 1 heterocycles. The van der Waals surface area contributed by atoms with Crippen molar-refractivity contribution >= 4 is 40.4 Å². The standard InChI is InChI=1S/C28H24ClNO2/c1-19(31)26-8-3-2-6-21(26)12-16-28(32)23-7-4-5-20(17-23)9-14-25-15-11-22-10-13-24(29)18-27(22)30-25/h2-11,13-15,17-18,28,32H,12,16H2,1H3/t28-/m1/s1.